The van der Waals surface area contributed by atoms with Gasteiger partial charge in [-0.1, -0.05) is 46.7 Å². The van der Waals surface area contributed by atoms with Crippen LogP contribution in [0, 0.1) is 0 Å². The molecule has 1 heterocycles. The van der Waals surface area contributed by atoms with Crippen molar-refractivity contribution in [3.8, 4) is 0 Å². The number of carbonyl (C=O) groups excluding carboxylic acids is 1. The predicted octanol–water partition coefficient (Wildman–Crippen LogP) is 4.27. The zero-order chi connectivity index (χ0) is 14.5. The second-order valence-corrected chi connectivity index (χ2v) is 6.43. The van der Waals surface area contributed by atoms with Crippen LogP contribution in [0.15, 0.2) is 40.3 Å². The smallest absolute Gasteiger partial charge is 0.248 e. The lowest BCUT2D eigenvalue weighted by Gasteiger charge is -2.00. The van der Waals surface area contributed by atoms with E-state index in [0.717, 1.165) is 32.3 Å². The molecule has 0 saturated heterocycles. The number of fused-ring (bicyclic) bond motifs is 1. The molecule has 0 N–H and O–H groups in total. The van der Waals surface area contributed by atoms with Crippen LogP contribution in [0.25, 0.3) is 10.2 Å². The third-order valence-electron chi connectivity index (χ3n) is 2.92. The van der Waals surface area contributed by atoms with E-state index in [1.165, 1.54) is 11.3 Å². The van der Waals surface area contributed by atoms with Gasteiger partial charge in [0.2, 0.25) is 5.91 Å². The fourth-order valence-electron chi connectivity index (χ4n) is 1.93. The molecule has 5 heteroatoms. The minimum absolute atomic E-state index is 0.0460. The Morgan fingerprint density at radius 2 is 2.35 bits per heavy atom. The number of amides is 1. The maximum atomic E-state index is 11.9. The molecule has 1 aromatic heterocycles. The van der Waals surface area contributed by atoms with Crippen molar-refractivity contribution < 1.29 is 4.79 Å². The molecule has 0 fully saturated rings. The monoisotopic (exact) mass is 352 g/mol. The van der Waals surface area contributed by atoms with Gasteiger partial charge in [-0.3, -0.25) is 4.79 Å². The van der Waals surface area contributed by atoms with E-state index in [0.29, 0.717) is 13.0 Å². The van der Waals surface area contributed by atoms with Gasteiger partial charge in [0.15, 0.2) is 4.80 Å². The summed E-state index contributed by atoms with van der Waals surface area (Å²) in [5.41, 5.74) is 1.08. The van der Waals surface area contributed by atoms with E-state index in [1.807, 2.05) is 22.8 Å². The summed E-state index contributed by atoms with van der Waals surface area (Å²) in [5.74, 6) is -0.0460. The molecule has 1 amide bonds. The van der Waals surface area contributed by atoms with E-state index in [2.05, 4.69) is 40.5 Å². The fourth-order valence-corrected chi connectivity index (χ4v) is 3.54. The number of benzene rings is 1. The van der Waals surface area contributed by atoms with Crippen molar-refractivity contribution in [2.75, 3.05) is 0 Å². The third kappa shape index (κ3) is 3.46. The molecule has 1 aromatic carbocycles. The highest BCUT2D eigenvalue weighted by molar-refractivity contribution is 9.10. The Hall–Kier alpha value is -1.20. The Labute approximate surface area is 130 Å². The quantitative estimate of drug-likeness (QED) is 0.740. The average molecular weight is 353 g/mol. The zero-order valence-corrected chi connectivity index (χ0v) is 13.8. The first-order chi connectivity index (χ1) is 9.65. The number of aromatic nitrogens is 1. The summed E-state index contributed by atoms with van der Waals surface area (Å²) in [6, 6.07) is 6.08. The summed E-state index contributed by atoms with van der Waals surface area (Å²) in [6.45, 7) is 6.50. The second kappa shape index (κ2) is 6.99. The number of allylic oxidation sites excluding steroid dienone is 1. The van der Waals surface area contributed by atoms with Gasteiger partial charge in [-0.15, -0.1) is 6.58 Å². The van der Waals surface area contributed by atoms with Crippen LogP contribution in [0.3, 0.4) is 0 Å². The molecule has 20 heavy (non-hydrogen) atoms. The van der Waals surface area contributed by atoms with Crippen molar-refractivity contribution in [1.82, 2.24) is 4.57 Å². The first kappa shape index (κ1) is 15.2. The molecule has 0 aliphatic rings. The fraction of sp³-hybridized carbons (Fsp3) is 0.333. The molecular formula is C15H17BrN2OS. The van der Waals surface area contributed by atoms with E-state index in [9.17, 15) is 4.79 Å². The highest BCUT2D eigenvalue weighted by atomic mass is 79.9. The Kier molecular flexibility index (Phi) is 5.31. The third-order valence-corrected chi connectivity index (χ3v) is 4.46. The number of halogens is 1. The summed E-state index contributed by atoms with van der Waals surface area (Å²) in [6.07, 6.45) is 4.24. The number of hydrogen-bond acceptors (Lipinski definition) is 2. The normalized spacial score (nSPS) is 12.0. The van der Waals surface area contributed by atoms with E-state index >= 15 is 0 Å². The first-order valence-electron chi connectivity index (χ1n) is 6.63. The van der Waals surface area contributed by atoms with Gasteiger partial charge < -0.3 is 4.57 Å². The molecule has 0 aliphatic carbocycles. The van der Waals surface area contributed by atoms with Crippen LogP contribution in [0.2, 0.25) is 0 Å². The molecule has 0 spiro atoms. The van der Waals surface area contributed by atoms with Crippen molar-refractivity contribution in [3.63, 3.8) is 0 Å². The summed E-state index contributed by atoms with van der Waals surface area (Å²) in [5, 5.41) is 0. The molecule has 3 nitrogen and oxygen atoms in total. The van der Waals surface area contributed by atoms with Crippen LogP contribution in [0.5, 0.6) is 0 Å². The van der Waals surface area contributed by atoms with Crippen LogP contribution < -0.4 is 4.80 Å². The lowest BCUT2D eigenvalue weighted by molar-refractivity contribution is -0.118. The molecule has 2 aromatic rings. The van der Waals surface area contributed by atoms with E-state index in [4.69, 9.17) is 0 Å². The molecule has 106 valence electrons. The minimum atomic E-state index is -0.0460. The van der Waals surface area contributed by atoms with E-state index in [-0.39, 0.29) is 5.91 Å². The van der Waals surface area contributed by atoms with Crippen molar-refractivity contribution >= 4 is 43.4 Å². The van der Waals surface area contributed by atoms with Gasteiger partial charge in [-0.2, -0.15) is 4.99 Å². The van der Waals surface area contributed by atoms with Crippen LogP contribution in [-0.2, 0) is 11.3 Å². The molecule has 0 aliphatic heterocycles. The largest absolute Gasteiger partial charge is 0.313 e. The number of carbonyl (C=O) groups is 1. The van der Waals surface area contributed by atoms with Crippen molar-refractivity contribution in [1.29, 1.82) is 0 Å². The Morgan fingerprint density at radius 1 is 1.55 bits per heavy atom. The maximum Gasteiger partial charge on any atom is 0.248 e. The maximum absolute atomic E-state index is 11.9. The molecule has 0 saturated carbocycles. The van der Waals surface area contributed by atoms with Crippen molar-refractivity contribution in [2.24, 2.45) is 4.99 Å². The topological polar surface area (TPSA) is 34.4 Å². The highest BCUT2D eigenvalue weighted by Gasteiger charge is 2.07. The van der Waals surface area contributed by atoms with E-state index < -0.39 is 0 Å². The molecular weight excluding hydrogens is 336 g/mol. The van der Waals surface area contributed by atoms with Crippen LogP contribution >= 0.6 is 27.3 Å². The molecule has 0 bridgehead atoms. The van der Waals surface area contributed by atoms with Crippen molar-refractivity contribution in [2.45, 2.75) is 32.7 Å². The zero-order valence-electron chi connectivity index (χ0n) is 11.4. The number of unbranched alkanes of at least 4 members (excludes halogenated alkanes) is 1. The Morgan fingerprint density at radius 3 is 3.05 bits per heavy atom. The average Bonchev–Trinajstić information content (AvgIpc) is 2.74. The summed E-state index contributed by atoms with van der Waals surface area (Å²) >= 11 is 5.01. The van der Waals surface area contributed by atoms with Crippen LogP contribution in [-0.4, -0.2) is 10.5 Å². The second-order valence-electron chi connectivity index (χ2n) is 4.51. The lowest BCUT2D eigenvalue weighted by atomic mass is 10.2. The molecule has 0 radical (unpaired) electrons. The molecule has 0 unspecified atom stereocenters. The SMILES string of the molecule is C=CCn1c(=NC(=O)CCCC)sc2cc(Br)ccc21. The Balaban J connectivity index is 2.50. The first-order valence-corrected chi connectivity index (χ1v) is 8.24. The van der Waals surface area contributed by atoms with Gasteiger partial charge in [-0.25, -0.2) is 0 Å². The standard InChI is InChI=1S/C15H17BrN2OS/c1-3-5-6-14(19)17-15-18(9-4-2)12-8-7-11(16)10-13(12)20-15/h4,7-8,10H,2-3,5-6,9H2,1H3. The summed E-state index contributed by atoms with van der Waals surface area (Å²) in [4.78, 5) is 16.9. The molecule has 0 atom stereocenters. The molecule has 2 rings (SSSR count). The number of nitrogens with zero attached hydrogens (tertiary/aromatic N) is 2. The highest BCUT2D eigenvalue weighted by Crippen LogP contribution is 2.22. The van der Waals surface area contributed by atoms with Gasteiger partial charge in [0.1, 0.15) is 0 Å². The van der Waals surface area contributed by atoms with Gasteiger partial charge in [0, 0.05) is 17.4 Å². The van der Waals surface area contributed by atoms with E-state index in [1.54, 1.807) is 0 Å². The minimum Gasteiger partial charge on any atom is -0.313 e. The predicted molar refractivity (Wildman–Crippen MR) is 87.8 cm³/mol. The van der Waals surface area contributed by atoms with Crippen molar-refractivity contribution in [3.05, 3.63) is 40.1 Å². The van der Waals surface area contributed by atoms with Gasteiger partial charge >= 0.3 is 0 Å². The number of rotatable bonds is 5. The summed E-state index contributed by atoms with van der Waals surface area (Å²) < 4.78 is 4.17. The Bertz CT molecular complexity index is 699. The lowest BCUT2D eigenvalue weighted by Crippen LogP contribution is -2.16. The summed E-state index contributed by atoms with van der Waals surface area (Å²) in [7, 11) is 0. The van der Waals surface area contributed by atoms with Gasteiger partial charge in [0.25, 0.3) is 0 Å². The number of thiazole rings is 1. The van der Waals surface area contributed by atoms with Gasteiger partial charge in [-0.05, 0) is 24.6 Å². The number of hydrogen-bond donors (Lipinski definition) is 0. The van der Waals surface area contributed by atoms with Crippen LogP contribution in [0.1, 0.15) is 26.2 Å². The van der Waals surface area contributed by atoms with Crippen LogP contribution in [0.4, 0.5) is 0 Å². The van der Waals surface area contributed by atoms with Gasteiger partial charge in [0.05, 0.1) is 10.2 Å².